The van der Waals surface area contributed by atoms with Crippen LogP contribution in [0.2, 0.25) is 5.02 Å². The number of benzene rings is 1. The zero-order chi connectivity index (χ0) is 20.8. The number of aliphatic imine (C=N–C) groups is 1. The minimum Gasteiger partial charge on any atom is -0.369 e. The number of fused-ring (bicyclic) bond motifs is 1. The fourth-order valence-electron chi connectivity index (χ4n) is 3.79. The molecule has 2 N–H and O–H groups in total. The van der Waals surface area contributed by atoms with Gasteiger partial charge in [-0.15, -0.1) is 34.2 Å². The largest absolute Gasteiger partial charge is 0.369 e. The van der Waals surface area contributed by atoms with Gasteiger partial charge in [-0.05, 0) is 50.1 Å². The Kier molecular flexibility index (Phi) is 8.77. The molecule has 0 aliphatic carbocycles. The molecule has 166 valence electrons. The van der Waals surface area contributed by atoms with E-state index in [4.69, 9.17) is 16.6 Å². The van der Waals surface area contributed by atoms with E-state index < -0.39 is 0 Å². The molecule has 3 heterocycles. The van der Waals surface area contributed by atoms with E-state index in [0.717, 1.165) is 67.9 Å². The summed E-state index contributed by atoms with van der Waals surface area (Å²) >= 11 is 6.14. The quantitative estimate of drug-likeness (QED) is 0.202. The molecule has 1 aliphatic rings. The molecule has 31 heavy (non-hydrogen) atoms. The number of guanidine groups is 1. The van der Waals surface area contributed by atoms with Crippen LogP contribution in [-0.4, -0.2) is 52.8 Å². The lowest BCUT2D eigenvalue weighted by Crippen LogP contribution is -2.44. The van der Waals surface area contributed by atoms with Gasteiger partial charge in [0, 0.05) is 55.5 Å². The molecule has 1 aliphatic heterocycles. The van der Waals surface area contributed by atoms with Crippen LogP contribution in [0.25, 0.3) is 5.65 Å². The van der Waals surface area contributed by atoms with Gasteiger partial charge in [-0.1, -0.05) is 23.7 Å². The van der Waals surface area contributed by atoms with Crippen molar-refractivity contribution in [2.75, 3.05) is 31.1 Å². The van der Waals surface area contributed by atoms with Gasteiger partial charge in [0.1, 0.15) is 5.82 Å². The van der Waals surface area contributed by atoms with E-state index in [-0.39, 0.29) is 24.0 Å². The smallest absolute Gasteiger partial charge is 0.191 e. The molecule has 4 rings (SSSR count). The van der Waals surface area contributed by atoms with Crippen LogP contribution < -0.4 is 15.5 Å². The topological polar surface area (TPSA) is 69.8 Å². The van der Waals surface area contributed by atoms with Crippen LogP contribution in [0.5, 0.6) is 0 Å². The summed E-state index contributed by atoms with van der Waals surface area (Å²) in [4.78, 5) is 7.13. The van der Waals surface area contributed by atoms with E-state index in [0.29, 0.717) is 6.04 Å². The molecular weight excluding hydrogens is 525 g/mol. The van der Waals surface area contributed by atoms with Gasteiger partial charge in [0.2, 0.25) is 0 Å². The molecule has 0 radical (unpaired) electrons. The van der Waals surface area contributed by atoms with Crippen LogP contribution in [0.15, 0.2) is 53.7 Å². The molecule has 7 nitrogen and oxygen atoms in total. The van der Waals surface area contributed by atoms with Crippen molar-refractivity contribution < 1.29 is 0 Å². The van der Waals surface area contributed by atoms with Crippen LogP contribution in [0, 0.1) is 0 Å². The normalized spacial score (nSPS) is 16.4. The second-order valence-corrected chi connectivity index (χ2v) is 7.90. The van der Waals surface area contributed by atoms with Gasteiger partial charge in [-0.25, -0.2) is 0 Å². The van der Waals surface area contributed by atoms with E-state index >= 15 is 0 Å². The number of rotatable bonds is 7. The lowest BCUT2D eigenvalue weighted by molar-refractivity contribution is 0.646. The third kappa shape index (κ3) is 6.22. The average Bonchev–Trinajstić information content (AvgIpc) is 3.38. The molecule has 1 fully saturated rings. The number of hydrogen-bond acceptors (Lipinski definition) is 4. The molecule has 1 atom stereocenters. The summed E-state index contributed by atoms with van der Waals surface area (Å²) in [6.45, 7) is 5.62. The molecule has 3 aromatic rings. The Morgan fingerprint density at radius 2 is 2.13 bits per heavy atom. The number of anilines is 1. The second kappa shape index (κ2) is 11.5. The lowest BCUT2D eigenvalue weighted by Gasteiger charge is -2.20. The monoisotopic (exact) mass is 553 g/mol. The first-order valence-electron chi connectivity index (χ1n) is 10.6. The predicted molar refractivity (Wildman–Crippen MR) is 138 cm³/mol. The maximum atomic E-state index is 6.14. The summed E-state index contributed by atoms with van der Waals surface area (Å²) in [5.41, 5.74) is 2.06. The van der Waals surface area contributed by atoms with Crippen molar-refractivity contribution >= 4 is 52.9 Å². The highest BCUT2D eigenvalue weighted by atomic mass is 127. The number of pyridine rings is 1. The maximum Gasteiger partial charge on any atom is 0.191 e. The number of nitrogens with one attached hydrogen (secondary N) is 2. The Morgan fingerprint density at radius 3 is 2.97 bits per heavy atom. The van der Waals surface area contributed by atoms with Gasteiger partial charge < -0.3 is 15.5 Å². The maximum absolute atomic E-state index is 6.14. The summed E-state index contributed by atoms with van der Waals surface area (Å²) in [6.07, 6.45) is 4.85. The minimum atomic E-state index is 0. The fourth-order valence-corrected chi connectivity index (χ4v) is 3.97. The Hall–Kier alpha value is -2.07. The third-order valence-electron chi connectivity index (χ3n) is 5.26. The summed E-state index contributed by atoms with van der Waals surface area (Å²) in [6, 6.07) is 14.4. The van der Waals surface area contributed by atoms with E-state index in [1.165, 1.54) is 5.69 Å². The van der Waals surface area contributed by atoms with Gasteiger partial charge in [0.15, 0.2) is 11.6 Å². The molecule has 0 saturated carbocycles. The minimum absolute atomic E-state index is 0. The Balaban J connectivity index is 0.00000272. The fraction of sp³-hybridized carbons (Fsp3) is 0.409. The van der Waals surface area contributed by atoms with E-state index in [2.05, 4.69) is 38.7 Å². The first-order valence-corrected chi connectivity index (χ1v) is 10.9. The van der Waals surface area contributed by atoms with Gasteiger partial charge >= 0.3 is 0 Å². The van der Waals surface area contributed by atoms with Gasteiger partial charge in [-0.3, -0.25) is 9.39 Å². The summed E-state index contributed by atoms with van der Waals surface area (Å²) in [5, 5.41) is 16.2. The zero-order valence-corrected chi connectivity index (χ0v) is 20.8. The summed E-state index contributed by atoms with van der Waals surface area (Å²) < 4.78 is 2.04. The van der Waals surface area contributed by atoms with Crippen molar-refractivity contribution in [3.63, 3.8) is 0 Å². The van der Waals surface area contributed by atoms with Crippen molar-refractivity contribution in [1.82, 2.24) is 25.2 Å². The zero-order valence-electron chi connectivity index (χ0n) is 17.7. The number of hydrogen-bond donors (Lipinski definition) is 2. The average molecular weight is 554 g/mol. The summed E-state index contributed by atoms with van der Waals surface area (Å²) in [7, 11) is 0. The molecule has 0 bridgehead atoms. The van der Waals surface area contributed by atoms with Gasteiger partial charge in [-0.2, -0.15) is 0 Å². The number of halogens is 2. The van der Waals surface area contributed by atoms with E-state index in [1.807, 2.05) is 47.0 Å². The Morgan fingerprint density at radius 1 is 1.23 bits per heavy atom. The molecular formula is C22H29ClIN7. The number of aromatic nitrogens is 3. The molecule has 9 heteroatoms. The van der Waals surface area contributed by atoms with Crippen molar-refractivity contribution in [2.24, 2.45) is 4.99 Å². The SMILES string of the molecule is CCNC(=NCCCc1nnc2ccccn12)NC1CCN(c2cccc(Cl)c2)C1.I. The van der Waals surface area contributed by atoms with Gasteiger partial charge in [0.25, 0.3) is 0 Å². The van der Waals surface area contributed by atoms with Crippen molar-refractivity contribution in [3.05, 3.63) is 59.5 Å². The predicted octanol–water partition coefficient (Wildman–Crippen LogP) is 3.77. The molecule has 1 aromatic carbocycles. The highest BCUT2D eigenvalue weighted by Crippen LogP contribution is 2.23. The van der Waals surface area contributed by atoms with Crippen molar-refractivity contribution in [1.29, 1.82) is 0 Å². The van der Waals surface area contributed by atoms with Crippen LogP contribution in [-0.2, 0) is 6.42 Å². The highest BCUT2D eigenvalue weighted by molar-refractivity contribution is 14.0. The van der Waals surface area contributed by atoms with Gasteiger partial charge in [0.05, 0.1) is 0 Å². The third-order valence-corrected chi connectivity index (χ3v) is 5.49. The summed E-state index contributed by atoms with van der Waals surface area (Å²) in [5.74, 6) is 1.85. The molecule has 2 aromatic heterocycles. The first-order chi connectivity index (χ1) is 14.7. The molecule has 1 unspecified atom stereocenters. The highest BCUT2D eigenvalue weighted by Gasteiger charge is 2.23. The van der Waals surface area contributed by atoms with Crippen molar-refractivity contribution in [3.8, 4) is 0 Å². The molecule has 0 amide bonds. The second-order valence-electron chi connectivity index (χ2n) is 7.47. The molecule has 1 saturated heterocycles. The standard InChI is InChI=1S/C22H28ClN7.HI/c1-2-24-22(25-12-6-10-21-28-27-20-9-3-4-13-30(20)21)26-18-11-14-29(16-18)19-8-5-7-17(23)15-19;/h3-5,7-9,13,15,18H,2,6,10-12,14,16H2,1H3,(H2,24,25,26);1H. The van der Waals surface area contributed by atoms with Crippen LogP contribution >= 0.6 is 35.6 Å². The molecule has 0 spiro atoms. The lowest BCUT2D eigenvalue weighted by atomic mass is 10.2. The van der Waals surface area contributed by atoms with E-state index in [1.54, 1.807) is 0 Å². The van der Waals surface area contributed by atoms with E-state index in [9.17, 15) is 0 Å². The number of nitrogens with zero attached hydrogens (tertiary/aromatic N) is 5. The Labute approximate surface area is 205 Å². The van der Waals surface area contributed by atoms with Crippen LogP contribution in [0.4, 0.5) is 5.69 Å². The van der Waals surface area contributed by atoms with Crippen LogP contribution in [0.3, 0.4) is 0 Å². The first kappa shape index (κ1) is 23.6. The Bertz CT molecular complexity index is 1010. The van der Waals surface area contributed by atoms with Crippen LogP contribution in [0.1, 0.15) is 25.6 Å². The van der Waals surface area contributed by atoms with Crippen molar-refractivity contribution in [2.45, 2.75) is 32.2 Å². The number of aryl methyl sites for hydroxylation is 1.